The normalized spacial score (nSPS) is 23.5. The number of hydrogen-bond donors (Lipinski definition) is 1. The number of rotatable bonds is 4. The van der Waals surface area contributed by atoms with E-state index in [0.717, 1.165) is 57.7 Å². The predicted molar refractivity (Wildman–Crippen MR) is 88.2 cm³/mol. The third-order valence-electron chi connectivity index (χ3n) is 4.54. The summed E-state index contributed by atoms with van der Waals surface area (Å²) in [4.78, 5) is 13.9. The molecule has 128 valence electrons. The zero-order chi connectivity index (χ0) is 16.1. The number of hydrogen-bond acceptors (Lipinski definition) is 5. The van der Waals surface area contributed by atoms with Gasteiger partial charge in [0, 0.05) is 45.8 Å². The number of aliphatic imine (C=N–C) groups is 1. The smallest absolute Gasteiger partial charge is 0.194 e. The van der Waals surface area contributed by atoms with E-state index in [1.54, 1.807) is 11.0 Å². The molecule has 8 nitrogen and oxygen atoms in total. The molecule has 1 N–H and O–H groups in total. The van der Waals surface area contributed by atoms with E-state index >= 15 is 0 Å². The Balaban J connectivity index is 1.61. The fraction of sp³-hybridized carbons (Fsp3) is 0.800. The van der Waals surface area contributed by atoms with E-state index in [0.29, 0.717) is 12.6 Å². The minimum atomic E-state index is 0.553. The van der Waals surface area contributed by atoms with Crippen LogP contribution in [0.15, 0.2) is 11.3 Å². The van der Waals surface area contributed by atoms with Crippen LogP contribution >= 0.6 is 0 Å². The molecule has 2 aliphatic heterocycles. The van der Waals surface area contributed by atoms with Gasteiger partial charge in [0.25, 0.3) is 0 Å². The summed E-state index contributed by atoms with van der Waals surface area (Å²) < 4.78 is 7.23. The van der Waals surface area contributed by atoms with E-state index in [-0.39, 0.29) is 0 Å². The van der Waals surface area contributed by atoms with Crippen molar-refractivity contribution in [2.75, 3.05) is 45.9 Å². The molecule has 2 saturated heterocycles. The van der Waals surface area contributed by atoms with Crippen LogP contribution in [0.5, 0.6) is 0 Å². The van der Waals surface area contributed by atoms with Crippen LogP contribution in [-0.4, -0.2) is 82.5 Å². The lowest BCUT2D eigenvalue weighted by Crippen LogP contribution is -2.46. The van der Waals surface area contributed by atoms with Gasteiger partial charge in [-0.25, -0.2) is 9.98 Å². The molecule has 0 aliphatic carbocycles. The number of nitrogens with zero attached hydrogens (tertiary/aromatic N) is 6. The summed E-state index contributed by atoms with van der Waals surface area (Å²) in [6.07, 6.45) is 2.76. The largest absolute Gasteiger partial charge is 0.379 e. The van der Waals surface area contributed by atoms with Gasteiger partial charge in [0.2, 0.25) is 0 Å². The van der Waals surface area contributed by atoms with Crippen molar-refractivity contribution in [1.82, 2.24) is 29.9 Å². The fourth-order valence-electron chi connectivity index (χ4n) is 3.21. The molecule has 2 fully saturated rings. The number of morpholine rings is 1. The van der Waals surface area contributed by atoms with Gasteiger partial charge in [-0.2, -0.15) is 5.10 Å². The van der Waals surface area contributed by atoms with Gasteiger partial charge in [0.05, 0.1) is 13.2 Å². The highest BCUT2D eigenvalue weighted by Gasteiger charge is 2.30. The Morgan fingerprint density at radius 2 is 2.22 bits per heavy atom. The summed E-state index contributed by atoms with van der Waals surface area (Å²) in [5, 5.41) is 7.50. The highest BCUT2D eigenvalue weighted by molar-refractivity contribution is 5.80. The van der Waals surface area contributed by atoms with E-state index in [2.05, 4.69) is 32.1 Å². The lowest BCUT2D eigenvalue weighted by atomic mass is 10.2. The first kappa shape index (κ1) is 16.2. The van der Waals surface area contributed by atoms with Crippen molar-refractivity contribution in [3.63, 3.8) is 0 Å². The number of likely N-dealkylation sites (tertiary alicyclic amines) is 1. The van der Waals surface area contributed by atoms with Gasteiger partial charge in [-0.3, -0.25) is 9.58 Å². The average Bonchev–Trinajstić information content (AvgIpc) is 3.22. The minimum Gasteiger partial charge on any atom is -0.379 e. The van der Waals surface area contributed by atoms with Crippen LogP contribution in [0.25, 0.3) is 0 Å². The number of nitrogens with one attached hydrogen (secondary N) is 1. The van der Waals surface area contributed by atoms with Gasteiger partial charge in [0.15, 0.2) is 5.96 Å². The van der Waals surface area contributed by atoms with Crippen LogP contribution in [0, 0.1) is 0 Å². The maximum atomic E-state index is 5.46. The summed E-state index contributed by atoms with van der Waals surface area (Å²) >= 11 is 0. The first-order valence-corrected chi connectivity index (χ1v) is 8.46. The Hall–Kier alpha value is -1.67. The molecule has 0 spiro atoms. The summed E-state index contributed by atoms with van der Waals surface area (Å²) in [5.41, 5.74) is 0. The second-order valence-corrected chi connectivity index (χ2v) is 6.01. The van der Waals surface area contributed by atoms with Crippen molar-refractivity contribution in [2.24, 2.45) is 12.0 Å². The van der Waals surface area contributed by atoms with Gasteiger partial charge in [-0.15, -0.1) is 0 Å². The first-order valence-electron chi connectivity index (χ1n) is 8.46. The second-order valence-electron chi connectivity index (χ2n) is 6.01. The molecule has 0 radical (unpaired) electrons. The topological polar surface area (TPSA) is 70.8 Å². The Labute approximate surface area is 137 Å². The summed E-state index contributed by atoms with van der Waals surface area (Å²) in [6, 6.07) is 0.609. The molecule has 0 saturated carbocycles. The third kappa shape index (κ3) is 4.00. The quantitative estimate of drug-likeness (QED) is 0.606. The molecule has 0 aromatic carbocycles. The molecule has 0 amide bonds. The van der Waals surface area contributed by atoms with Gasteiger partial charge in [-0.1, -0.05) is 0 Å². The predicted octanol–water partition coefficient (Wildman–Crippen LogP) is -0.313. The van der Waals surface area contributed by atoms with Crippen molar-refractivity contribution < 1.29 is 4.74 Å². The molecular formula is C15H27N7O. The van der Waals surface area contributed by atoms with E-state index in [1.807, 2.05) is 7.05 Å². The van der Waals surface area contributed by atoms with E-state index < -0.39 is 0 Å². The van der Waals surface area contributed by atoms with Crippen molar-refractivity contribution in [3.05, 3.63) is 12.2 Å². The molecule has 1 aromatic heterocycles. The van der Waals surface area contributed by atoms with E-state index in [9.17, 15) is 0 Å². The highest BCUT2D eigenvalue weighted by atomic mass is 16.5. The van der Waals surface area contributed by atoms with E-state index in [4.69, 9.17) is 9.73 Å². The molecular weight excluding hydrogens is 294 g/mol. The van der Waals surface area contributed by atoms with Crippen LogP contribution < -0.4 is 5.32 Å². The third-order valence-corrected chi connectivity index (χ3v) is 4.54. The Morgan fingerprint density at radius 3 is 2.91 bits per heavy atom. The molecule has 2 aliphatic rings. The Kier molecular flexibility index (Phi) is 5.45. The van der Waals surface area contributed by atoms with Crippen LogP contribution in [0.1, 0.15) is 19.2 Å². The van der Waals surface area contributed by atoms with Gasteiger partial charge >= 0.3 is 0 Å². The SMILES string of the molecule is CCNC(=NCc1ncnn1C)N1CCC(N2CCOCC2)C1. The minimum absolute atomic E-state index is 0.553. The first-order chi connectivity index (χ1) is 11.3. The molecule has 1 unspecified atom stereocenters. The maximum absolute atomic E-state index is 5.46. The zero-order valence-corrected chi connectivity index (χ0v) is 14.1. The van der Waals surface area contributed by atoms with Crippen LogP contribution in [-0.2, 0) is 18.3 Å². The molecule has 8 heteroatoms. The highest BCUT2D eigenvalue weighted by Crippen LogP contribution is 2.17. The number of aromatic nitrogens is 3. The summed E-state index contributed by atoms with van der Waals surface area (Å²) in [5.74, 6) is 1.86. The van der Waals surface area contributed by atoms with Gasteiger partial charge in [0.1, 0.15) is 18.7 Å². The monoisotopic (exact) mass is 321 g/mol. The van der Waals surface area contributed by atoms with Crippen molar-refractivity contribution in [2.45, 2.75) is 25.9 Å². The van der Waals surface area contributed by atoms with Gasteiger partial charge < -0.3 is 15.0 Å². The lowest BCUT2D eigenvalue weighted by molar-refractivity contribution is 0.0195. The number of aryl methyl sites for hydroxylation is 1. The Bertz CT molecular complexity index is 524. The number of guanidine groups is 1. The molecule has 3 rings (SSSR count). The van der Waals surface area contributed by atoms with Crippen LogP contribution in [0.2, 0.25) is 0 Å². The summed E-state index contributed by atoms with van der Waals surface area (Å²) in [7, 11) is 1.90. The fourth-order valence-corrected chi connectivity index (χ4v) is 3.21. The van der Waals surface area contributed by atoms with Crippen LogP contribution in [0.3, 0.4) is 0 Å². The van der Waals surface area contributed by atoms with E-state index in [1.165, 1.54) is 6.42 Å². The number of ether oxygens (including phenoxy) is 1. The molecule has 1 atom stereocenters. The molecule has 0 bridgehead atoms. The van der Waals surface area contributed by atoms with Crippen LogP contribution in [0.4, 0.5) is 0 Å². The van der Waals surface area contributed by atoms with Crippen molar-refractivity contribution >= 4 is 5.96 Å². The maximum Gasteiger partial charge on any atom is 0.194 e. The second kappa shape index (κ2) is 7.74. The zero-order valence-electron chi connectivity index (χ0n) is 14.1. The molecule has 1 aromatic rings. The molecule has 23 heavy (non-hydrogen) atoms. The van der Waals surface area contributed by atoms with Crippen molar-refractivity contribution in [3.8, 4) is 0 Å². The van der Waals surface area contributed by atoms with Gasteiger partial charge in [-0.05, 0) is 13.3 Å². The molecule has 3 heterocycles. The standard InChI is InChI=1S/C15H27N7O/c1-3-16-15(17-10-14-18-12-19-20(14)2)22-5-4-13(11-22)21-6-8-23-9-7-21/h12-13H,3-11H2,1-2H3,(H,16,17). The van der Waals surface area contributed by atoms with Crippen molar-refractivity contribution in [1.29, 1.82) is 0 Å². The Morgan fingerprint density at radius 1 is 1.39 bits per heavy atom. The average molecular weight is 321 g/mol. The summed E-state index contributed by atoms with van der Waals surface area (Å²) in [6.45, 7) is 9.42. The lowest BCUT2D eigenvalue weighted by Gasteiger charge is -2.32.